The van der Waals surface area contributed by atoms with Gasteiger partial charge in [-0.2, -0.15) is 0 Å². The van der Waals surface area contributed by atoms with E-state index in [1.165, 1.54) is 0 Å². The molecular weight excluding hydrogens is 274 g/mol. The van der Waals surface area contributed by atoms with Crippen LogP contribution in [0.3, 0.4) is 0 Å². The molecule has 2 rings (SSSR count). The maximum Gasteiger partial charge on any atom is 0.309 e. The normalized spacial score (nSPS) is 31.4. The lowest BCUT2D eigenvalue weighted by Crippen LogP contribution is -2.51. The van der Waals surface area contributed by atoms with Crippen LogP contribution in [-0.4, -0.2) is 45.5 Å². The van der Waals surface area contributed by atoms with E-state index < -0.39 is 11.4 Å². The van der Waals surface area contributed by atoms with Gasteiger partial charge in [0.05, 0.1) is 10.2 Å². The summed E-state index contributed by atoms with van der Waals surface area (Å²) >= 11 is 1.75. The van der Waals surface area contributed by atoms with Gasteiger partial charge in [-0.3, -0.25) is 9.59 Å². The van der Waals surface area contributed by atoms with Crippen LogP contribution >= 0.6 is 11.8 Å². The van der Waals surface area contributed by atoms with E-state index >= 15 is 0 Å². The van der Waals surface area contributed by atoms with E-state index in [2.05, 4.69) is 0 Å². The summed E-state index contributed by atoms with van der Waals surface area (Å²) in [5.74, 6) is 0.553. The fraction of sp³-hybridized carbons (Fsp3) is 0.867. The Kier molecular flexibility index (Phi) is 4.38. The van der Waals surface area contributed by atoms with Crippen molar-refractivity contribution in [2.75, 3.05) is 18.8 Å². The molecule has 0 saturated carbocycles. The zero-order valence-electron chi connectivity index (χ0n) is 12.6. The van der Waals surface area contributed by atoms with Crippen molar-refractivity contribution in [3.63, 3.8) is 0 Å². The number of carboxylic acid groups (broad SMARTS) is 1. The Morgan fingerprint density at radius 1 is 1.35 bits per heavy atom. The van der Waals surface area contributed by atoms with Crippen LogP contribution in [0.5, 0.6) is 0 Å². The number of rotatable bonds is 3. The molecule has 2 saturated heterocycles. The number of hydrogen-bond donors (Lipinski definition) is 1. The number of aliphatic carboxylic acids is 1. The van der Waals surface area contributed by atoms with Crippen molar-refractivity contribution in [1.29, 1.82) is 0 Å². The average molecular weight is 299 g/mol. The minimum Gasteiger partial charge on any atom is -0.481 e. The Morgan fingerprint density at radius 2 is 2.05 bits per heavy atom. The van der Waals surface area contributed by atoms with Crippen LogP contribution in [0.25, 0.3) is 0 Å². The summed E-state index contributed by atoms with van der Waals surface area (Å²) in [6.07, 6.45) is 3.85. The lowest BCUT2D eigenvalue weighted by atomic mass is 9.74. The highest BCUT2D eigenvalue weighted by Gasteiger charge is 2.44. The van der Waals surface area contributed by atoms with Gasteiger partial charge in [-0.1, -0.05) is 0 Å². The van der Waals surface area contributed by atoms with Crippen molar-refractivity contribution in [2.45, 2.75) is 51.2 Å². The highest BCUT2D eigenvalue weighted by molar-refractivity contribution is 8.01. The summed E-state index contributed by atoms with van der Waals surface area (Å²) in [5, 5.41) is 9.37. The van der Waals surface area contributed by atoms with Gasteiger partial charge in [0, 0.05) is 13.1 Å². The maximum absolute atomic E-state index is 12.7. The predicted molar refractivity (Wildman–Crippen MR) is 80.8 cm³/mol. The van der Waals surface area contributed by atoms with Crippen LogP contribution in [0.4, 0.5) is 0 Å². The molecule has 0 bridgehead atoms. The molecule has 0 spiro atoms. The van der Waals surface area contributed by atoms with Crippen LogP contribution in [0.2, 0.25) is 0 Å². The number of likely N-dealkylation sites (tertiary alicyclic amines) is 1. The van der Waals surface area contributed by atoms with Gasteiger partial charge >= 0.3 is 5.97 Å². The van der Waals surface area contributed by atoms with Crippen LogP contribution in [0.1, 0.15) is 46.5 Å². The molecule has 0 aromatic carbocycles. The van der Waals surface area contributed by atoms with Crippen LogP contribution < -0.4 is 0 Å². The van der Waals surface area contributed by atoms with E-state index in [1.807, 2.05) is 11.8 Å². The van der Waals surface area contributed by atoms with Crippen LogP contribution in [0, 0.1) is 11.3 Å². The highest BCUT2D eigenvalue weighted by Crippen LogP contribution is 2.41. The van der Waals surface area contributed by atoms with Gasteiger partial charge < -0.3 is 10.0 Å². The molecule has 2 unspecified atom stereocenters. The number of carboxylic acids is 1. The second-order valence-electron chi connectivity index (χ2n) is 6.80. The zero-order chi connectivity index (χ0) is 15.0. The van der Waals surface area contributed by atoms with Crippen LogP contribution in [-0.2, 0) is 9.59 Å². The number of nitrogens with zero attached hydrogens (tertiary/aromatic N) is 1. The third-order valence-electron chi connectivity index (χ3n) is 4.95. The average Bonchev–Trinajstić information content (AvgIpc) is 2.86. The van der Waals surface area contributed by atoms with E-state index in [0.29, 0.717) is 6.54 Å². The standard InChI is InChI=1S/C15H25NO3S/c1-14(2,13(18)19)11-6-4-8-16(10-11)12(17)15(3)7-5-9-20-15/h11H,4-10H2,1-3H3,(H,18,19). The third kappa shape index (κ3) is 2.83. The van der Waals surface area contributed by atoms with E-state index in [4.69, 9.17) is 0 Å². The molecule has 2 aliphatic heterocycles. The number of piperidine rings is 1. The van der Waals surface area contributed by atoms with Gasteiger partial charge in [0.1, 0.15) is 0 Å². The molecule has 0 aliphatic carbocycles. The molecule has 0 aromatic heterocycles. The molecule has 2 aliphatic rings. The Hall–Kier alpha value is -0.710. The molecule has 4 nitrogen and oxygen atoms in total. The lowest BCUT2D eigenvalue weighted by Gasteiger charge is -2.41. The Labute approximate surface area is 125 Å². The van der Waals surface area contributed by atoms with Gasteiger partial charge in [0.15, 0.2) is 0 Å². The van der Waals surface area contributed by atoms with Gasteiger partial charge in [-0.25, -0.2) is 0 Å². The summed E-state index contributed by atoms with van der Waals surface area (Å²) in [5.41, 5.74) is -0.761. The molecule has 2 heterocycles. The first-order chi connectivity index (χ1) is 9.27. The topological polar surface area (TPSA) is 57.6 Å². The second kappa shape index (κ2) is 5.58. The summed E-state index contributed by atoms with van der Waals surface area (Å²) < 4.78 is -0.282. The number of hydrogen-bond acceptors (Lipinski definition) is 3. The first-order valence-electron chi connectivity index (χ1n) is 7.44. The summed E-state index contributed by atoms with van der Waals surface area (Å²) in [4.78, 5) is 26.0. The van der Waals surface area contributed by atoms with Crippen molar-refractivity contribution in [1.82, 2.24) is 4.90 Å². The summed E-state index contributed by atoms with van der Waals surface area (Å²) in [6.45, 7) is 6.97. The van der Waals surface area contributed by atoms with Gasteiger partial charge in [0.2, 0.25) is 5.91 Å². The minimum atomic E-state index is -0.766. The van der Waals surface area contributed by atoms with Crippen molar-refractivity contribution in [3.8, 4) is 0 Å². The molecule has 2 atom stereocenters. The maximum atomic E-state index is 12.7. The van der Waals surface area contributed by atoms with Crippen molar-refractivity contribution in [2.24, 2.45) is 11.3 Å². The fourth-order valence-electron chi connectivity index (χ4n) is 3.21. The quantitative estimate of drug-likeness (QED) is 0.870. The van der Waals surface area contributed by atoms with Crippen molar-refractivity contribution in [3.05, 3.63) is 0 Å². The first kappa shape index (κ1) is 15.7. The summed E-state index contributed by atoms with van der Waals surface area (Å²) in [6, 6.07) is 0. The molecule has 114 valence electrons. The molecular formula is C15H25NO3S. The third-order valence-corrected chi connectivity index (χ3v) is 6.46. The Bertz CT molecular complexity index is 402. The first-order valence-corrected chi connectivity index (χ1v) is 8.43. The van der Waals surface area contributed by atoms with Gasteiger partial charge in [-0.15, -0.1) is 11.8 Å². The van der Waals surface area contributed by atoms with Crippen molar-refractivity contribution >= 4 is 23.6 Å². The number of thioether (sulfide) groups is 1. The number of carbonyl (C=O) groups excluding carboxylic acids is 1. The monoisotopic (exact) mass is 299 g/mol. The SMILES string of the molecule is CC1(C(=O)N2CCCC(C(C)(C)C(=O)O)C2)CCCS1. The fourth-order valence-corrected chi connectivity index (χ4v) is 4.49. The second-order valence-corrected chi connectivity index (χ2v) is 8.40. The molecule has 0 radical (unpaired) electrons. The van der Waals surface area contributed by atoms with Crippen molar-refractivity contribution < 1.29 is 14.7 Å². The van der Waals surface area contributed by atoms with Gasteiger partial charge in [0.25, 0.3) is 0 Å². The predicted octanol–water partition coefficient (Wildman–Crippen LogP) is 2.62. The minimum absolute atomic E-state index is 0.0488. The molecule has 1 N–H and O–H groups in total. The van der Waals surface area contributed by atoms with E-state index in [9.17, 15) is 14.7 Å². The molecule has 5 heteroatoms. The van der Waals surface area contributed by atoms with E-state index in [-0.39, 0.29) is 16.6 Å². The number of amides is 1. The molecule has 20 heavy (non-hydrogen) atoms. The van der Waals surface area contributed by atoms with Crippen LogP contribution in [0.15, 0.2) is 0 Å². The highest BCUT2D eigenvalue weighted by atomic mass is 32.2. The van der Waals surface area contributed by atoms with E-state index in [0.717, 1.165) is 38.0 Å². The Morgan fingerprint density at radius 3 is 2.60 bits per heavy atom. The Balaban J connectivity index is 2.07. The lowest BCUT2D eigenvalue weighted by molar-refractivity contribution is -0.153. The molecule has 0 aromatic rings. The van der Waals surface area contributed by atoms with E-state index in [1.54, 1.807) is 25.6 Å². The largest absolute Gasteiger partial charge is 0.481 e. The number of carbonyl (C=O) groups is 2. The summed E-state index contributed by atoms with van der Waals surface area (Å²) in [7, 11) is 0. The smallest absolute Gasteiger partial charge is 0.309 e. The molecule has 2 fully saturated rings. The molecule has 1 amide bonds. The zero-order valence-corrected chi connectivity index (χ0v) is 13.5. The van der Waals surface area contributed by atoms with Gasteiger partial charge in [-0.05, 0) is 58.1 Å².